The van der Waals surface area contributed by atoms with Gasteiger partial charge in [0.05, 0.1) is 4.92 Å². The minimum atomic E-state index is -0.337. The van der Waals surface area contributed by atoms with Crippen molar-refractivity contribution in [1.29, 1.82) is 0 Å². The van der Waals surface area contributed by atoms with Crippen LogP contribution in [0, 0.1) is 10.1 Å². The van der Waals surface area contributed by atoms with Crippen LogP contribution in [0.5, 0.6) is 0 Å². The zero-order chi connectivity index (χ0) is 13.0. The second-order valence-electron chi connectivity index (χ2n) is 4.56. The number of hydrogen-bond acceptors (Lipinski definition) is 4. The molecule has 1 aromatic carbocycles. The third-order valence-electron chi connectivity index (χ3n) is 3.42. The van der Waals surface area contributed by atoms with Crippen LogP contribution in [0.3, 0.4) is 0 Å². The van der Waals surface area contributed by atoms with Gasteiger partial charge in [0.2, 0.25) is 0 Å². The third-order valence-corrected chi connectivity index (χ3v) is 3.42. The van der Waals surface area contributed by atoms with E-state index >= 15 is 0 Å². The van der Waals surface area contributed by atoms with Gasteiger partial charge in [0, 0.05) is 37.0 Å². The van der Waals surface area contributed by atoms with Gasteiger partial charge in [-0.1, -0.05) is 6.07 Å². The van der Waals surface area contributed by atoms with Crippen molar-refractivity contribution in [3.63, 3.8) is 0 Å². The summed E-state index contributed by atoms with van der Waals surface area (Å²) in [6, 6.07) is 7.34. The molecule has 0 saturated carbocycles. The topological polar surface area (TPSA) is 58.4 Å². The molecule has 2 rings (SSSR count). The summed E-state index contributed by atoms with van der Waals surface area (Å²) in [5, 5.41) is 14.2. The molecule has 1 fully saturated rings. The molecule has 98 valence electrons. The van der Waals surface area contributed by atoms with Crippen LogP contribution in [0.1, 0.15) is 19.8 Å². The first-order chi connectivity index (χ1) is 8.72. The van der Waals surface area contributed by atoms with Crippen LogP contribution < -0.4 is 10.2 Å². The second-order valence-corrected chi connectivity index (χ2v) is 4.56. The van der Waals surface area contributed by atoms with Crippen molar-refractivity contribution in [2.24, 2.45) is 0 Å². The number of nitro benzene ring substituents is 1. The molecule has 1 N–H and O–H groups in total. The van der Waals surface area contributed by atoms with Crippen molar-refractivity contribution in [3.8, 4) is 0 Å². The fourth-order valence-electron chi connectivity index (χ4n) is 2.54. The number of nitrogens with one attached hydrogen (secondary N) is 1. The molecule has 0 amide bonds. The molecular weight excluding hydrogens is 230 g/mol. The largest absolute Gasteiger partial charge is 0.367 e. The summed E-state index contributed by atoms with van der Waals surface area (Å²) >= 11 is 0. The normalized spacial score (nSPS) is 19.5. The highest BCUT2D eigenvalue weighted by Crippen LogP contribution is 2.24. The molecule has 0 aliphatic carbocycles. The molecule has 1 aliphatic heterocycles. The average Bonchev–Trinajstić information content (AvgIpc) is 2.41. The van der Waals surface area contributed by atoms with Crippen LogP contribution in [0.2, 0.25) is 0 Å². The summed E-state index contributed by atoms with van der Waals surface area (Å²) in [5.74, 6) is 0. The molecule has 1 atom stereocenters. The van der Waals surface area contributed by atoms with Crippen molar-refractivity contribution < 1.29 is 4.92 Å². The zero-order valence-corrected chi connectivity index (χ0v) is 10.6. The number of nitrogens with zero attached hydrogens (tertiary/aromatic N) is 2. The maximum Gasteiger partial charge on any atom is 0.271 e. The number of likely N-dealkylation sites (N-methyl/N-ethyl adjacent to an activating group) is 1. The van der Waals surface area contributed by atoms with Gasteiger partial charge < -0.3 is 10.2 Å². The van der Waals surface area contributed by atoms with Crippen molar-refractivity contribution in [2.45, 2.75) is 25.8 Å². The van der Waals surface area contributed by atoms with Crippen LogP contribution >= 0.6 is 0 Å². The Labute approximate surface area is 107 Å². The second kappa shape index (κ2) is 5.82. The minimum Gasteiger partial charge on any atom is -0.367 e. The highest BCUT2D eigenvalue weighted by atomic mass is 16.6. The molecule has 5 heteroatoms. The fraction of sp³-hybridized carbons (Fsp3) is 0.538. The van der Waals surface area contributed by atoms with E-state index in [1.165, 1.54) is 6.07 Å². The fourth-order valence-corrected chi connectivity index (χ4v) is 2.54. The molecule has 18 heavy (non-hydrogen) atoms. The van der Waals surface area contributed by atoms with Gasteiger partial charge in [0.15, 0.2) is 0 Å². The van der Waals surface area contributed by atoms with Gasteiger partial charge in [0.25, 0.3) is 5.69 Å². The summed E-state index contributed by atoms with van der Waals surface area (Å²) < 4.78 is 0. The lowest BCUT2D eigenvalue weighted by molar-refractivity contribution is -0.384. The van der Waals surface area contributed by atoms with E-state index in [1.54, 1.807) is 12.1 Å². The molecule has 1 aromatic rings. The van der Waals surface area contributed by atoms with E-state index in [1.807, 2.05) is 6.07 Å². The monoisotopic (exact) mass is 249 g/mol. The van der Waals surface area contributed by atoms with E-state index in [2.05, 4.69) is 17.1 Å². The Kier molecular flexibility index (Phi) is 4.15. The molecule has 1 saturated heterocycles. The average molecular weight is 249 g/mol. The van der Waals surface area contributed by atoms with Gasteiger partial charge >= 0.3 is 0 Å². The SMILES string of the molecule is CCN(c1cccc([N+](=O)[O-])c1)C1CCCNC1. The Bertz CT molecular complexity index is 416. The number of nitro groups is 1. The Morgan fingerprint density at radius 1 is 1.56 bits per heavy atom. The van der Waals surface area contributed by atoms with Crippen molar-refractivity contribution in [1.82, 2.24) is 5.32 Å². The molecular formula is C13H19N3O2. The number of non-ortho nitro benzene ring substituents is 1. The number of benzene rings is 1. The van der Waals surface area contributed by atoms with Crippen LogP contribution in [0.15, 0.2) is 24.3 Å². The lowest BCUT2D eigenvalue weighted by atomic mass is 10.0. The van der Waals surface area contributed by atoms with E-state index in [9.17, 15) is 10.1 Å². The molecule has 1 heterocycles. The highest BCUT2D eigenvalue weighted by molar-refractivity contribution is 5.54. The smallest absolute Gasteiger partial charge is 0.271 e. The molecule has 5 nitrogen and oxygen atoms in total. The van der Waals surface area contributed by atoms with Gasteiger partial charge in [-0.25, -0.2) is 0 Å². The Balaban J connectivity index is 2.20. The maximum atomic E-state index is 10.8. The van der Waals surface area contributed by atoms with Gasteiger partial charge in [-0.15, -0.1) is 0 Å². The van der Waals surface area contributed by atoms with Gasteiger partial charge in [-0.2, -0.15) is 0 Å². The van der Waals surface area contributed by atoms with Crippen molar-refractivity contribution >= 4 is 11.4 Å². The predicted molar refractivity (Wildman–Crippen MR) is 72.0 cm³/mol. The van der Waals surface area contributed by atoms with E-state index in [0.29, 0.717) is 6.04 Å². The highest BCUT2D eigenvalue weighted by Gasteiger charge is 2.21. The van der Waals surface area contributed by atoms with Crippen molar-refractivity contribution in [2.75, 3.05) is 24.5 Å². The minimum absolute atomic E-state index is 0.162. The summed E-state index contributed by atoms with van der Waals surface area (Å²) in [5.41, 5.74) is 1.11. The molecule has 1 aliphatic rings. The number of piperidine rings is 1. The van der Waals surface area contributed by atoms with E-state index < -0.39 is 0 Å². The van der Waals surface area contributed by atoms with Crippen LogP contribution in [-0.4, -0.2) is 30.6 Å². The number of anilines is 1. The summed E-state index contributed by atoms with van der Waals surface area (Å²) in [6.45, 7) is 4.99. The van der Waals surface area contributed by atoms with E-state index in [0.717, 1.165) is 38.2 Å². The number of hydrogen-bond donors (Lipinski definition) is 1. The van der Waals surface area contributed by atoms with Gasteiger partial charge in [-0.3, -0.25) is 10.1 Å². The Morgan fingerprint density at radius 3 is 3.00 bits per heavy atom. The first kappa shape index (κ1) is 12.8. The Morgan fingerprint density at radius 2 is 2.39 bits per heavy atom. The first-order valence-electron chi connectivity index (χ1n) is 6.44. The van der Waals surface area contributed by atoms with Crippen molar-refractivity contribution in [3.05, 3.63) is 34.4 Å². The molecule has 0 bridgehead atoms. The van der Waals surface area contributed by atoms with Crippen LogP contribution in [0.25, 0.3) is 0 Å². The summed E-state index contributed by atoms with van der Waals surface area (Å²) in [7, 11) is 0. The van der Waals surface area contributed by atoms with Crippen LogP contribution in [-0.2, 0) is 0 Å². The van der Waals surface area contributed by atoms with Gasteiger partial charge in [-0.05, 0) is 32.4 Å². The number of rotatable bonds is 4. The molecule has 1 unspecified atom stereocenters. The predicted octanol–water partition coefficient (Wildman–Crippen LogP) is 2.17. The molecule has 0 aromatic heterocycles. The molecule has 0 radical (unpaired) electrons. The van der Waals surface area contributed by atoms with Gasteiger partial charge in [0.1, 0.15) is 0 Å². The lowest BCUT2D eigenvalue weighted by Crippen LogP contribution is -2.46. The maximum absolute atomic E-state index is 10.8. The Hall–Kier alpha value is -1.62. The van der Waals surface area contributed by atoms with E-state index in [-0.39, 0.29) is 10.6 Å². The first-order valence-corrected chi connectivity index (χ1v) is 6.44. The zero-order valence-electron chi connectivity index (χ0n) is 10.6. The lowest BCUT2D eigenvalue weighted by Gasteiger charge is -2.35. The van der Waals surface area contributed by atoms with E-state index in [4.69, 9.17) is 0 Å². The standard InChI is InChI=1S/C13H19N3O2/c1-2-15(13-7-4-8-14-10-13)11-5-3-6-12(9-11)16(17)18/h3,5-6,9,13-14H,2,4,7-8,10H2,1H3. The quantitative estimate of drug-likeness (QED) is 0.656. The summed E-state index contributed by atoms with van der Waals surface area (Å²) in [4.78, 5) is 12.7. The third kappa shape index (κ3) is 2.79. The summed E-state index contributed by atoms with van der Waals surface area (Å²) in [6.07, 6.45) is 2.31. The van der Waals surface area contributed by atoms with Crippen LogP contribution in [0.4, 0.5) is 11.4 Å². The molecule has 0 spiro atoms.